The summed E-state index contributed by atoms with van der Waals surface area (Å²) in [5, 5.41) is -0.330. The quantitative estimate of drug-likeness (QED) is 0.301. The van der Waals surface area contributed by atoms with Gasteiger partial charge in [0, 0.05) is 0 Å². The molecule has 0 saturated heterocycles. The SMILES string of the molecule is C=CCC(OC(=O)CC(=O)OC)[Se]c1ccccc1OC. The molecule has 0 fully saturated rings. The summed E-state index contributed by atoms with van der Waals surface area (Å²) in [7, 11) is 2.83. The number of ether oxygens (including phenoxy) is 3. The van der Waals surface area contributed by atoms with Crippen molar-refractivity contribution in [3.8, 4) is 5.75 Å². The number of hydrogen-bond acceptors (Lipinski definition) is 5. The van der Waals surface area contributed by atoms with Gasteiger partial charge in [0.2, 0.25) is 0 Å². The van der Waals surface area contributed by atoms with Gasteiger partial charge in [-0.15, -0.1) is 0 Å². The normalized spacial score (nSPS) is 11.3. The number of rotatable bonds is 8. The number of esters is 2. The van der Waals surface area contributed by atoms with Crippen LogP contribution in [0.25, 0.3) is 0 Å². The van der Waals surface area contributed by atoms with E-state index in [2.05, 4.69) is 11.3 Å². The van der Waals surface area contributed by atoms with Crippen molar-refractivity contribution in [2.45, 2.75) is 17.8 Å². The molecule has 6 heteroatoms. The third-order valence-corrected chi connectivity index (χ3v) is 4.86. The molecule has 0 spiro atoms. The van der Waals surface area contributed by atoms with Crippen LogP contribution in [-0.4, -0.2) is 46.1 Å². The Morgan fingerprint density at radius 2 is 2.00 bits per heavy atom. The Bertz CT molecular complexity index is 501. The van der Waals surface area contributed by atoms with Crippen LogP contribution in [0.2, 0.25) is 0 Å². The van der Waals surface area contributed by atoms with Gasteiger partial charge in [0.25, 0.3) is 0 Å². The van der Waals surface area contributed by atoms with E-state index in [-0.39, 0.29) is 26.4 Å². The Morgan fingerprint density at radius 1 is 1.29 bits per heavy atom. The van der Waals surface area contributed by atoms with E-state index >= 15 is 0 Å². The number of carbonyl (C=O) groups excluding carboxylic acids is 2. The Labute approximate surface area is 130 Å². The van der Waals surface area contributed by atoms with E-state index in [1.54, 1.807) is 13.2 Å². The Morgan fingerprint density at radius 3 is 2.62 bits per heavy atom. The van der Waals surface area contributed by atoms with Crippen molar-refractivity contribution in [2.24, 2.45) is 0 Å². The first-order chi connectivity index (χ1) is 10.1. The van der Waals surface area contributed by atoms with Crippen LogP contribution in [0.15, 0.2) is 36.9 Å². The Kier molecular flexibility index (Phi) is 7.57. The van der Waals surface area contributed by atoms with Gasteiger partial charge < -0.3 is 0 Å². The van der Waals surface area contributed by atoms with Gasteiger partial charge in [-0.3, -0.25) is 0 Å². The van der Waals surface area contributed by atoms with E-state index < -0.39 is 11.9 Å². The summed E-state index contributed by atoms with van der Waals surface area (Å²) in [6.45, 7) is 3.66. The second kappa shape index (κ2) is 9.21. The van der Waals surface area contributed by atoms with Gasteiger partial charge >= 0.3 is 130 Å². The predicted octanol–water partition coefficient (Wildman–Crippen LogP) is 1.03. The average molecular weight is 357 g/mol. The van der Waals surface area contributed by atoms with Gasteiger partial charge in [-0.05, 0) is 0 Å². The van der Waals surface area contributed by atoms with Crippen LogP contribution >= 0.6 is 0 Å². The van der Waals surface area contributed by atoms with E-state index in [9.17, 15) is 9.59 Å². The molecule has 0 aliphatic carbocycles. The molecular weight excluding hydrogens is 339 g/mol. The fourth-order valence-corrected chi connectivity index (χ4v) is 3.79. The van der Waals surface area contributed by atoms with Gasteiger partial charge in [-0.2, -0.15) is 0 Å². The molecule has 1 unspecified atom stereocenters. The summed E-state index contributed by atoms with van der Waals surface area (Å²) >= 11 is -0.146. The minimum atomic E-state index is -0.609. The fourth-order valence-electron chi connectivity index (χ4n) is 1.49. The van der Waals surface area contributed by atoms with Crippen molar-refractivity contribution in [2.75, 3.05) is 14.2 Å². The molecule has 0 heterocycles. The monoisotopic (exact) mass is 358 g/mol. The van der Waals surface area contributed by atoms with Gasteiger partial charge in [0.1, 0.15) is 0 Å². The third kappa shape index (κ3) is 6.02. The third-order valence-electron chi connectivity index (χ3n) is 2.47. The molecule has 5 nitrogen and oxygen atoms in total. The van der Waals surface area contributed by atoms with Gasteiger partial charge in [-0.25, -0.2) is 0 Å². The molecule has 0 aliphatic heterocycles. The minimum absolute atomic E-state index is 0.146. The van der Waals surface area contributed by atoms with Crippen molar-refractivity contribution in [1.82, 2.24) is 0 Å². The van der Waals surface area contributed by atoms with Crippen molar-refractivity contribution in [1.29, 1.82) is 0 Å². The van der Waals surface area contributed by atoms with Crippen molar-refractivity contribution in [3.63, 3.8) is 0 Å². The molecular formula is C15H18O5Se. The first-order valence-electron chi connectivity index (χ1n) is 6.27. The maximum absolute atomic E-state index is 11.7. The van der Waals surface area contributed by atoms with Crippen molar-refractivity contribution >= 4 is 31.4 Å². The summed E-state index contributed by atoms with van der Waals surface area (Å²) in [6.07, 6.45) is 1.82. The number of hydrogen-bond donors (Lipinski definition) is 0. The van der Waals surface area contributed by atoms with Gasteiger partial charge in [0.15, 0.2) is 0 Å². The molecule has 1 aromatic rings. The predicted molar refractivity (Wildman–Crippen MR) is 79.7 cm³/mol. The zero-order valence-electron chi connectivity index (χ0n) is 12.0. The molecule has 0 aromatic heterocycles. The number of benzene rings is 1. The molecule has 0 saturated carbocycles. The summed E-state index contributed by atoms with van der Waals surface area (Å²) in [6, 6.07) is 7.58. The molecule has 0 radical (unpaired) electrons. The van der Waals surface area contributed by atoms with Crippen LogP contribution in [0.3, 0.4) is 0 Å². The molecule has 1 rings (SSSR count). The second-order valence-corrected chi connectivity index (χ2v) is 6.49. The molecule has 0 aliphatic rings. The molecule has 0 amide bonds. The van der Waals surface area contributed by atoms with Gasteiger partial charge in [-0.1, -0.05) is 0 Å². The number of carbonyl (C=O) groups is 2. The van der Waals surface area contributed by atoms with E-state index in [4.69, 9.17) is 9.47 Å². The maximum atomic E-state index is 11.7. The van der Waals surface area contributed by atoms with Gasteiger partial charge in [0.05, 0.1) is 0 Å². The van der Waals surface area contributed by atoms with Crippen LogP contribution in [-0.2, 0) is 19.1 Å². The van der Waals surface area contributed by atoms with E-state index in [0.717, 1.165) is 10.2 Å². The summed E-state index contributed by atoms with van der Waals surface area (Å²) in [4.78, 5) is 22.7. The average Bonchev–Trinajstić information content (AvgIpc) is 2.47. The Balaban J connectivity index is 2.71. The summed E-state index contributed by atoms with van der Waals surface area (Å²) < 4.78 is 16.0. The Hall–Kier alpha value is -1.78. The zero-order chi connectivity index (χ0) is 15.7. The standard InChI is InChI=1S/C15H18O5Se/c1-4-7-15(20-14(17)10-13(16)19-3)21-12-9-6-5-8-11(12)18-2/h4-6,8-9,15H,1,7,10H2,2-3H3. The molecule has 21 heavy (non-hydrogen) atoms. The summed E-state index contributed by atoms with van der Waals surface area (Å²) in [5.74, 6) is -0.441. The molecule has 1 aromatic carbocycles. The van der Waals surface area contributed by atoms with Crippen LogP contribution < -0.4 is 9.20 Å². The van der Waals surface area contributed by atoms with Crippen LogP contribution in [0.5, 0.6) is 5.75 Å². The first kappa shape index (κ1) is 17.3. The zero-order valence-corrected chi connectivity index (χ0v) is 13.7. The molecule has 114 valence electrons. The fraction of sp³-hybridized carbons (Fsp3) is 0.333. The van der Waals surface area contributed by atoms with Crippen molar-refractivity contribution in [3.05, 3.63) is 36.9 Å². The van der Waals surface area contributed by atoms with Crippen LogP contribution in [0.1, 0.15) is 12.8 Å². The molecule has 0 N–H and O–H groups in total. The summed E-state index contributed by atoms with van der Waals surface area (Å²) in [5.41, 5.74) is 0. The topological polar surface area (TPSA) is 61.8 Å². The number of methoxy groups -OCH3 is 2. The van der Waals surface area contributed by atoms with Crippen LogP contribution in [0, 0.1) is 0 Å². The molecule has 1 atom stereocenters. The van der Waals surface area contributed by atoms with E-state index in [1.165, 1.54) is 7.11 Å². The first-order valence-corrected chi connectivity index (χ1v) is 8.12. The van der Waals surface area contributed by atoms with E-state index in [1.807, 2.05) is 24.3 Å². The number of para-hydroxylation sites is 1. The van der Waals surface area contributed by atoms with Crippen LogP contribution in [0.4, 0.5) is 0 Å². The van der Waals surface area contributed by atoms with Crippen molar-refractivity contribution < 1.29 is 23.8 Å². The molecule has 0 bridgehead atoms. The second-order valence-electron chi connectivity index (χ2n) is 3.97. The van der Waals surface area contributed by atoms with E-state index in [0.29, 0.717) is 6.42 Å².